The first-order valence-electron chi connectivity index (χ1n) is 5.90. The molecule has 0 unspecified atom stereocenters. The van der Waals surface area contributed by atoms with Crippen molar-refractivity contribution in [2.75, 3.05) is 13.2 Å². The van der Waals surface area contributed by atoms with Gasteiger partial charge in [-0.05, 0) is 39.7 Å². The van der Waals surface area contributed by atoms with E-state index in [9.17, 15) is 15.0 Å². The minimum absolute atomic E-state index is 0.0234. The normalized spacial score (nSPS) is 23.6. The van der Waals surface area contributed by atoms with Gasteiger partial charge in [0, 0.05) is 9.85 Å². The van der Waals surface area contributed by atoms with Crippen LogP contribution in [0.25, 0.3) is 0 Å². The van der Waals surface area contributed by atoms with Crippen LogP contribution in [0.4, 0.5) is 0 Å². The molecule has 18 heavy (non-hydrogen) atoms. The van der Waals surface area contributed by atoms with Crippen molar-refractivity contribution in [2.45, 2.75) is 31.3 Å². The second kappa shape index (κ2) is 6.14. The molecule has 1 aromatic heterocycles. The molecule has 0 aliphatic carbocycles. The number of likely N-dealkylation sites (tertiary alicyclic amines) is 1. The molecule has 2 atom stereocenters. The third-order valence-electron chi connectivity index (χ3n) is 3.36. The molecular weight excluding hydrogens is 318 g/mol. The van der Waals surface area contributed by atoms with Crippen molar-refractivity contribution in [3.8, 4) is 0 Å². The van der Waals surface area contributed by atoms with E-state index in [0.717, 1.165) is 22.9 Å². The Bertz CT molecular complexity index is 411. The first-order valence-corrected chi connectivity index (χ1v) is 7.64. The summed E-state index contributed by atoms with van der Waals surface area (Å²) in [7, 11) is 0. The van der Waals surface area contributed by atoms with Crippen LogP contribution in [0.15, 0.2) is 15.2 Å². The van der Waals surface area contributed by atoms with Crippen LogP contribution in [0.2, 0.25) is 0 Å². The number of hydrogen-bond donors (Lipinski definition) is 2. The monoisotopic (exact) mass is 333 g/mol. The van der Waals surface area contributed by atoms with Crippen LogP contribution in [0.3, 0.4) is 0 Å². The van der Waals surface area contributed by atoms with Crippen LogP contribution >= 0.6 is 27.3 Å². The zero-order chi connectivity index (χ0) is 13.1. The Balaban J connectivity index is 2.09. The van der Waals surface area contributed by atoms with E-state index >= 15 is 0 Å². The number of rotatable bonds is 4. The molecule has 1 aliphatic rings. The van der Waals surface area contributed by atoms with Crippen molar-refractivity contribution in [1.82, 2.24) is 4.90 Å². The predicted octanol–water partition coefficient (Wildman–Crippen LogP) is 1.40. The Morgan fingerprint density at radius 1 is 1.33 bits per heavy atom. The largest absolute Gasteiger partial charge is 0.394 e. The SMILES string of the molecule is O=C(Cc1cscc1Br)N1[C@H](CO)CC[C@H]1CO. The minimum Gasteiger partial charge on any atom is -0.394 e. The summed E-state index contributed by atoms with van der Waals surface area (Å²) in [4.78, 5) is 13.9. The topological polar surface area (TPSA) is 60.8 Å². The van der Waals surface area contributed by atoms with Gasteiger partial charge >= 0.3 is 0 Å². The first-order chi connectivity index (χ1) is 8.67. The molecule has 100 valence electrons. The third-order valence-corrected chi connectivity index (χ3v) is 5.19. The van der Waals surface area contributed by atoms with Crippen LogP contribution in [-0.4, -0.2) is 46.3 Å². The fourth-order valence-corrected chi connectivity index (χ4v) is 3.86. The molecule has 0 saturated carbocycles. The maximum atomic E-state index is 12.3. The van der Waals surface area contributed by atoms with Gasteiger partial charge in [-0.2, -0.15) is 11.3 Å². The molecule has 1 aromatic rings. The number of nitrogens with zero attached hydrogens (tertiary/aromatic N) is 1. The second-order valence-corrected chi connectivity index (χ2v) is 6.07. The lowest BCUT2D eigenvalue weighted by atomic mass is 10.2. The smallest absolute Gasteiger partial charge is 0.227 e. The van der Waals surface area contributed by atoms with Crippen LogP contribution < -0.4 is 0 Å². The van der Waals surface area contributed by atoms with Crippen molar-refractivity contribution in [3.63, 3.8) is 0 Å². The van der Waals surface area contributed by atoms with Crippen molar-refractivity contribution < 1.29 is 15.0 Å². The summed E-state index contributed by atoms with van der Waals surface area (Å²) in [6, 6.07) is -0.292. The van der Waals surface area contributed by atoms with E-state index in [0.29, 0.717) is 6.42 Å². The lowest BCUT2D eigenvalue weighted by Crippen LogP contribution is -2.45. The molecule has 1 fully saturated rings. The number of carbonyl (C=O) groups is 1. The average Bonchev–Trinajstić information content (AvgIpc) is 2.95. The van der Waals surface area contributed by atoms with E-state index in [4.69, 9.17) is 0 Å². The van der Waals surface area contributed by atoms with Gasteiger partial charge in [0.1, 0.15) is 0 Å². The van der Waals surface area contributed by atoms with Gasteiger partial charge < -0.3 is 15.1 Å². The lowest BCUT2D eigenvalue weighted by molar-refractivity contribution is -0.135. The molecule has 1 saturated heterocycles. The van der Waals surface area contributed by atoms with Crippen LogP contribution in [0.5, 0.6) is 0 Å². The number of halogens is 1. The number of thiophene rings is 1. The Morgan fingerprint density at radius 2 is 1.94 bits per heavy atom. The van der Waals surface area contributed by atoms with Gasteiger partial charge in [0.15, 0.2) is 0 Å². The first kappa shape index (κ1) is 14.0. The number of carbonyl (C=O) groups excluding carboxylic acids is 1. The van der Waals surface area contributed by atoms with E-state index in [1.54, 1.807) is 16.2 Å². The van der Waals surface area contributed by atoms with Crippen molar-refractivity contribution in [1.29, 1.82) is 0 Å². The summed E-state index contributed by atoms with van der Waals surface area (Å²) in [6.45, 7) is -0.0694. The highest BCUT2D eigenvalue weighted by Gasteiger charge is 2.35. The minimum atomic E-state index is -0.146. The third kappa shape index (κ3) is 2.77. The van der Waals surface area contributed by atoms with Crippen LogP contribution in [-0.2, 0) is 11.2 Å². The molecule has 0 radical (unpaired) electrons. The molecule has 2 heterocycles. The molecule has 2 N–H and O–H groups in total. The highest BCUT2D eigenvalue weighted by Crippen LogP contribution is 2.27. The van der Waals surface area contributed by atoms with Gasteiger partial charge in [0.05, 0.1) is 31.7 Å². The van der Waals surface area contributed by atoms with E-state index in [1.165, 1.54) is 0 Å². The molecule has 0 spiro atoms. The van der Waals surface area contributed by atoms with Gasteiger partial charge in [-0.15, -0.1) is 0 Å². The number of amides is 1. The lowest BCUT2D eigenvalue weighted by Gasteiger charge is -2.28. The van der Waals surface area contributed by atoms with Gasteiger partial charge in [0.25, 0.3) is 0 Å². The highest BCUT2D eigenvalue weighted by atomic mass is 79.9. The summed E-state index contributed by atoms with van der Waals surface area (Å²) in [6.07, 6.45) is 1.84. The zero-order valence-electron chi connectivity index (χ0n) is 9.88. The van der Waals surface area contributed by atoms with Gasteiger partial charge in [-0.25, -0.2) is 0 Å². The van der Waals surface area contributed by atoms with E-state index in [1.807, 2.05) is 10.8 Å². The second-order valence-electron chi connectivity index (χ2n) is 4.47. The Kier molecular flexibility index (Phi) is 4.77. The molecule has 2 rings (SSSR count). The fourth-order valence-electron chi connectivity index (χ4n) is 2.42. The van der Waals surface area contributed by atoms with E-state index in [2.05, 4.69) is 15.9 Å². The molecule has 0 bridgehead atoms. The number of aliphatic hydroxyl groups is 2. The van der Waals surface area contributed by atoms with Crippen molar-refractivity contribution >= 4 is 33.2 Å². The van der Waals surface area contributed by atoms with E-state index < -0.39 is 0 Å². The molecular formula is C12H16BrNO3S. The quantitative estimate of drug-likeness (QED) is 0.875. The summed E-state index contributed by atoms with van der Waals surface area (Å²) >= 11 is 4.96. The number of aliphatic hydroxyl groups excluding tert-OH is 2. The van der Waals surface area contributed by atoms with Gasteiger partial charge in [-0.1, -0.05) is 0 Å². The maximum absolute atomic E-state index is 12.3. The predicted molar refractivity (Wildman–Crippen MR) is 73.6 cm³/mol. The molecule has 4 nitrogen and oxygen atoms in total. The molecule has 0 aromatic carbocycles. The highest BCUT2D eigenvalue weighted by molar-refractivity contribution is 9.10. The standard InChI is InChI=1S/C12H16BrNO3S/c13-11-7-18-6-8(11)3-12(17)14-9(4-15)1-2-10(14)5-16/h6-7,9-10,15-16H,1-5H2/t9-,10-/m0/s1. The molecule has 6 heteroatoms. The summed E-state index contributed by atoms with van der Waals surface area (Å²) < 4.78 is 0.946. The maximum Gasteiger partial charge on any atom is 0.227 e. The van der Waals surface area contributed by atoms with Crippen molar-refractivity contribution in [3.05, 3.63) is 20.8 Å². The van der Waals surface area contributed by atoms with Gasteiger partial charge in [0.2, 0.25) is 5.91 Å². The van der Waals surface area contributed by atoms with Crippen LogP contribution in [0.1, 0.15) is 18.4 Å². The number of hydrogen-bond acceptors (Lipinski definition) is 4. The van der Waals surface area contributed by atoms with Crippen molar-refractivity contribution in [2.24, 2.45) is 0 Å². The summed E-state index contributed by atoms with van der Waals surface area (Å²) in [5, 5.41) is 22.5. The average molecular weight is 334 g/mol. The fraction of sp³-hybridized carbons (Fsp3) is 0.583. The Morgan fingerprint density at radius 3 is 2.39 bits per heavy atom. The van der Waals surface area contributed by atoms with Crippen LogP contribution in [0, 0.1) is 0 Å². The summed E-state index contributed by atoms with van der Waals surface area (Å²) in [5.41, 5.74) is 0.963. The molecule has 1 aliphatic heterocycles. The summed E-state index contributed by atoms with van der Waals surface area (Å²) in [5.74, 6) is -0.0234. The Labute approximate surface area is 118 Å². The van der Waals surface area contributed by atoms with Gasteiger partial charge in [-0.3, -0.25) is 4.79 Å². The Hall–Kier alpha value is -0.430. The van der Waals surface area contributed by atoms with E-state index in [-0.39, 0.29) is 31.2 Å². The zero-order valence-corrected chi connectivity index (χ0v) is 12.3. The molecule has 1 amide bonds.